The van der Waals surface area contributed by atoms with Gasteiger partial charge in [0.05, 0.1) is 29.1 Å². The lowest BCUT2D eigenvalue weighted by Gasteiger charge is -2.11. The minimum Gasteiger partial charge on any atom is -0.491 e. The Bertz CT molecular complexity index is 1690. The second-order valence-corrected chi connectivity index (χ2v) is 9.53. The fourth-order valence-electron chi connectivity index (χ4n) is 3.89. The number of nitrogens with zero attached hydrogens (tertiary/aromatic N) is 6. The topological polar surface area (TPSA) is 109 Å². The summed E-state index contributed by atoms with van der Waals surface area (Å²) in [6.45, 7) is 1.38. The van der Waals surface area contributed by atoms with Crippen LogP contribution in [0.15, 0.2) is 55.1 Å². The molecule has 36 heavy (non-hydrogen) atoms. The number of likely N-dealkylation sites (N-methyl/N-ethyl adjacent to an activating group) is 1. The predicted octanol–water partition coefficient (Wildman–Crippen LogP) is 4.77. The maximum Gasteiger partial charge on any atom is 0.176 e. The summed E-state index contributed by atoms with van der Waals surface area (Å²) in [7, 11) is 4.00. The Kier molecular flexibility index (Phi) is 5.62. The Balaban J connectivity index is 1.37. The average molecular weight is 501 g/mol. The molecule has 0 unspecified atom stereocenters. The number of halogens is 1. The molecule has 0 aliphatic carbocycles. The van der Waals surface area contributed by atoms with Crippen LogP contribution in [0.3, 0.4) is 0 Å². The van der Waals surface area contributed by atoms with E-state index in [-0.39, 0.29) is 5.13 Å². The molecule has 9 nitrogen and oxygen atoms in total. The molecule has 6 heterocycles. The van der Waals surface area contributed by atoms with Gasteiger partial charge in [-0.3, -0.25) is 15.1 Å². The highest BCUT2D eigenvalue weighted by Crippen LogP contribution is 2.34. The number of hydrogen-bond donors (Lipinski definition) is 2. The third-order valence-corrected chi connectivity index (χ3v) is 6.59. The Morgan fingerprint density at radius 2 is 1.86 bits per heavy atom. The molecule has 0 atom stereocenters. The van der Waals surface area contributed by atoms with Crippen LogP contribution in [-0.2, 0) is 0 Å². The monoisotopic (exact) mass is 500 g/mol. The van der Waals surface area contributed by atoms with E-state index in [9.17, 15) is 4.39 Å². The van der Waals surface area contributed by atoms with Gasteiger partial charge in [-0.05, 0) is 44.4 Å². The van der Waals surface area contributed by atoms with Gasteiger partial charge in [0.2, 0.25) is 0 Å². The van der Waals surface area contributed by atoms with Gasteiger partial charge in [-0.15, -0.1) is 11.3 Å². The normalized spacial score (nSPS) is 11.7. The van der Waals surface area contributed by atoms with Crippen molar-refractivity contribution in [3.05, 3.63) is 60.3 Å². The van der Waals surface area contributed by atoms with E-state index in [1.807, 2.05) is 32.3 Å². The van der Waals surface area contributed by atoms with Crippen LogP contribution in [0.25, 0.3) is 55.3 Å². The predicted molar refractivity (Wildman–Crippen MR) is 137 cm³/mol. The Hall–Kier alpha value is -4.22. The summed E-state index contributed by atoms with van der Waals surface area (Å²) in [4.78, 5) is 24.4. The molecular formula is C25H21FN8OS. The van der Waals surface area contributed by atoms with Crippen LogP contribution < -0.4 is 4.74 Å². The molecule has 0 saturated carbocycles. The van der Waals surface area contributed by atoms with Crippen LogP contribution in [0.4, 0.5) is 4.39 Å². The lowest BCUT2D eigenvalue weighted by Crippen LogP contribution is -2.19. The van der Waals surface area contributed by atoms with Crippen molar-refractivity contribution in [2.24, 2.45) is 0 Å². The van der Waals surface area contributed by atoms with Crippen molar-refractivity contribution in [1.29, 1.82) is 0 Å². The van der Waals surface area contributed by atoms with Gasteiger partial charge in [0, 0.05) is 34.9 Å². The summed E-state index contributed by atoms with van der Waals surface area (Å²) in [5, 5.41) is 7.25. The summed E-state index contributed by atoms with van der Waals surface area (Å²) in [6.07, 6.45) is 6.84. The first-order valence-electron chi connectivity index (χ1n) is 11.2. The Labute approximate surface area is 209 Å². The molecule has 0 fully saturated rings. The largest absolute Gasteiger partial charge is 0.491 e. The van der Waals surface area contributed by atoms with Gasteiger partial charge in [0.15, 0.2) is 16.6 Å². The van der Waals surface area contributed by atoms with E-state index in [2.05, 4.69) is 30.0 Å². The number of rotatable bonds is 7. The number of hydrogen-bond acceptors (Lipinski definition) is 8. The minimum absolute atomic E-state index is 0.255. The number of pyridine rings is 3. The van der Waals surface area contributed by atoms with Crippen molar-refractivity contribution in [2.75, 3.05) is 27.2 Å². The van der Waals surface area contributed by atoms with Gasteiger partial charge >= 0.3 is 0 Å². The first-order chi connectivity index (χ1) is 17.5. The van der Waals surface area contributed by atoms with Crippen molar-refractivity contribution >= 4 is 33.4 Å². The molecule has 0 bridgehead atoms. The second kappa shape index (κ2) is 9.10. The highest BCUT2D eigenvalue weighted by Gasteiger charge is 2.18. The summed E-state index contributed by atoms with van der Waals surface area (Å²) in [5.74, 6) is 1.23. The molecule has 0 spiro atoms. The molecule has 2 N–H and O–H groups in total. The SMILES string of the molecule is CN(C)CCOc1cncc(-c2ccc3[nH]nc(-c4nc5c(-c6ccc(F)s6)cncc5[nH]4)c3n2)c1. The van der Waals surface area contributed by atoms with Gasteiger partial charge in [-0.25, -0.2) is 9.97 Å². The van der Waals surface area contributed by atoms with Crippen LogP contribution in [0, 0.1) is 5.13 Å². The van der Waals surface area contributed by atoms with Crippen LogP contribution in [0.5, 0.6) is 5.75 Å². The zero-order valence-electron chi connectivity index (χ0n) is 19.5. The number of nitrogens with one attached hydrogen (secondary N) is 2. The highest BCUT2D eigenvalue weighted by molar-refractivity contribution is 7.14. The van der Waals surface area contributed by atoms with Crippen LogP contribution in [0.1, 0.15) is 0 Å². The van der Waals surface area contributed by atoms with E-state index in [1.165, 1.54) is 6.07 Å². The molecule has 11 heteroatoms. The molecule has 6 aromatic heterocycles. The maximum atomic E-state index is 13.6. The summed E-state index contributed by atoms with van der Waals surface area (Å²) in [6, 6.07) is 8.94. The van der Waals surface area contributed by atoms with Crippen molar-refractivity contribution in [2.45, 2.75) is 0 Å². The fraction of sp³-hybridized carbons (Fsp3) is 0.160. The van der Waals surface area contributed by atoms with Crippen LogP contribution in [0.2, 0.25) is 0 Å². The summed E-state index contributed by atoms with van der Waals surface area (Å²) >= 11 is 1.06. The molecule has 6 rings (SSSR count). The van der Waals surface area contributed by atoms with Gasteiger partial charge < -0.3 is 14.6 Å². The third-order valence-electron chi connectivity index (χ3n) is 5.68. The Morgan fingerprint density at radius 3 is 2.69 bits per heavy atom. The van der Waals surface area contributed by atoms with Crippen molar-refractivity contribution in [3.8, 4) is 39.0 Å². The average Bonchev–Trinajstić information content (AvgIpc) is 3.61. The molecule has 0 aliphatic rings. The number of imidazole rings is 1. The standard InChI is InChI=1S/C25H21FN8OS/c1-34(2)7-8-35-15-9-14(10-27-11-15)17-3-4-18-23(29-17)24(33-32-18)25-30-19-13-28-12-16(22(19)31-25)20-5-6-21(26)36-20/h3-6,9-13H,7-8H2,1-2H3,(H,30,31)(H,32,33). The van der Waals surface area contributed by atoms with E-state index < -0.39 is 0 Å². The van der Waals surface area contributed by atoms with Gasteiger partial charge in [0.1, 0.15) is 23.4 Å². The lowest BCUT2D eigenvalue weighted by molar-refractivity contribution is 0.261. The molecule has 0 amide bonds. The van der Waals surface area contributed by atoms with E-state index in [1.54, 1.807) is 30.9 Å². The van der Waals surface area contributed by atoms with Gasteiger partial charge in [0.25, 0.3) is 0 Å². The zero-order chi connectivity index (χ0) is 24.6. The molecule has 0 aromatic carbocycles. The fourth-order valence-corrected chi connectivity index (χ4v) is 4.63. The molecule has 0 aliphatic heterocycles. The number of fused-ring (bicyclic) bond motifs is 2. The summed E-state index contributed by atoms with van der Waals surface area (Å²) < 4.78 is 19.5. The first kappa shape index (κ1) is 22.3. The van der Waals surface area contributed by atoms with Crippen molar-refractivity contribution in [1.82, 2.24) is 40.0 Å². The lowest BCUT2D eigenvalue weighted by atomic mass is 10.1. The number of thiophene rings is 1. The van der Waals surface area contributed by atoms with Crippen LogP contribution >= 0.6 is 11.3 Å². The molecule has 0 saturated heterocycles. The van der Waals surface area contributed by atoms with E-state index in [0.29, 0.717) is 34.9 Å². The van der Waals surface area contributed by atoms with Crippen LogP contribution in [-0.4, -0.2) is 67.3 Å². The quantitative estimate of drug-likeness (QED) is 0.325. The van der Waals surface area contributed by atoms with Gasteiger partial charge in [-0.2, -0.15) is 9.49 Å². The molecule has 6 aromatic rings. The highest BCUT2D eigenvalue weighted by atomic mass is 32.1. The van der Waals surface area contributed by atoms with Crippen molar-refractivity contribution in [3.63, 3.8) is 0 Å². The number of aromatic nitrogens is 7. The molecular weight excluding hydrogens is 479 g/mol. The molecule has 0 radical (unpaired) electrons. The maximum absolute atomic E-state index is 13.6. The Morgan fingerprint density at radius 1 is 0.972 bits per heavy atom. The first-order valence-corrected chi connectivity index (χ1v) is 12.0. The van der Waals surface area contributed by atoms with E-state index in [0.717, 1.165) is 50.6 Å². The van der Waals surface area contributed by atoms with Gasteiger partial charge in [-0.1, -0.05) is 0 Å². The zero-order valence-corrected chi connectivity index (χ0v) is 20.3. The number of ether oxygens (including phenoxy) is 1. The third kappa shape index (κ3) is 4.18. The number of H-pyrrole nitrogens is 2. The minimum atomic E-state index is -0.255. The number of aromatic amines is 2. The summed E-state index contributed by atoms with van der Waals surface area (Å²) in [5.41, 5.74) is 5.79. The molecule has 180 valence electrons. The van der Waals surface area contributed by atoms with E-state index >= 15 is 0 Å². The van der Waals surface area contributed by atoms with E-state index in [4.69, 9.17) is 14.7 Å². The second-order valence-electron chi connectivity index (χ2n) is 8.50. The van der Waals surface area contributed by atoms with Crippen molar-refractivity contribution < 1.29 is 9.13 Å². The smallest absolute Gasteiger partial charge is 0.176 e.